The van der Waals surface area contributed by atoms with Crippen molar-refractivity contribution in [2.75, 3.05) is 0 Å². The first-order chi connectivity index (χ1) is 16.7. The molecule has 0 heterocycles. The number of carbonyl (C=O) groups excluding carboxylic acids is 2. The Balaban J connectivity index is 0.000000488. The highest BCUT2D eigenvalue weighted by Gasteiger charge is 2.31. The zero-order chi connectivity index (χ0) is 27.5. The first-order valence-electron chi connectivity index (χ1n) is 11.7. The monoisotopic (exact) mass is 522 g/mol. The van der Waals surface area contributed by atoms with Crippen molar-refractivity contribution in [3.05, 3.63) is 65.7 Å². The van der Waals surface area contributed by atoms with Crippen LogP contribution >= 0.6 is 0 Å². The van der Waals surface area contributed by atoms with Crippen molar-refractivity contribution in [3.8, 4) is 0 Å². The topological polar surface area (TPSA) is 156 Å². The van der Waals surface area contributed by atoms with E-state index in [-0.39, 0.29) is 16.9 Å². The van der Waals surface area contributed by atoms with Gasteiger partial charge in [-0.15, -0.1) is 0 Å². The molecule has 5 N–H and O–H groups in total. The minimum atomic E-state index is -4.02. The fourth-order valence-electron chi connectivity index (χ4n) is 3.20. The maximum absolute atomic E-state index is 12.4. The molecule has 0 radical (unpaired) electrons. The molecule has 0 aliphatic carbocycles. The Morgan fingerprint density at radius 1 is 1.00 bits per heavy atom. The number of amides is 1. The standard InChI is InChI=1S/C19H30N2O4.C7H8O3S/c1-12(2)10-16(17(22)19(24)25-13(3)4)21-18(23)15(20)11-14-8-6-5-7-9-14;1-6-2-4-7(5-3-6)11(8,9)10/h5-9,12-13,15-17,22H,10-11,20H2,1-4H3,(H,21,23);2-5H,1H3,(H,8,9,10)/t15-,16-,17?;/m0./s1. The molecular weight excluding hydrogens is 484 g/mol. The third-order valence-corrected chi connectivity index (χ3v) is 5.85. The number of ether oxygens (including phenoxy) is 1. The number of hydrogen-bond acceptors (Lipinski definition) is 7. The first-order valence-corrected chi connectivity index (χ1v) is 13.2. The summed E-state index contributed by atoms with van der Waals surface area (Å²) in [5.74, 6) is -0.958. The van der Waals surface area contributed by atoms with Crippen LogP contribution in [0, 0.1) is 12.8 Å². The van der Waals surface area contributed by atoms with Gasteiger partial charge in [-0.1, -0.05) is 61.9 Å². The molecule has 10 heteroatoms. The second kappa shape index (κ2) is 14.7. The van der Waals surface area contributed by atoms with E-state index in [1.165, 1.54) is 12.1 Å². The molecule has 1 unspecified atom stereocenters. The summed E-state index contributed by atoms with van der Waals surface area (Å²) in [5.41, 5.74) is 7.88. The molecular formula is C26H38N2O7S. The molecule has 36 heavy (non-hydrogen) atoms. The number of hydrogen-bond donors (Lipinski definition) is 4. The average Bonchev–Trinajstić information content (AvgIpc) is 2.78. The van der Waals surface area contributed by atoms with Crippen LogP contribution in [0.25, 0.3) is 0 Å². The Morgan fingerprint density at radius 2 is 1.56 bits per heavy atom. The number of nitrogens with one attached hydrogen (secondary N) is 1. The van der Waals surface area contributed by atoms with E-state index in [0.717, 1.165) is 11.1 Å². The van der Waals surface area contributed by atoms with Crippen LogP contribution in [0.2, 0.25) is 0 Å². The van der Waals surface area contributed by atoms with E-state index in [0.29, 0.717) is 12.8 Å². The van der Waals surface area contributed by atoms with Crippen molar-refractivity contribution in [1.29, 1.82) is 0 Å². The highest BCUT2D eigenvalue weighted by molar-refractivity contribution is 7.85. The van der Waals surface area contributed by atoms with Gasteiger partial charge in [0.2, 0.25) is 5.91 Å². The van der Waals surface area contributed by atoms with Gasteiger partial charge >= 0.3 is 5.97 Å². The Labute approximate surface area is 213 Å². The molecule has 0 saturated carbocycles. The minimum Gasteiger partial charge on any atom is -0.461 e. The highest BCUT2D eigenvalue weighted by atomic mass is 32.2. The Bertz CT molecular complexity index is 1060. The van der Waals surface area contributed by atoms with Gasteiger partial charge in [-0.3, -0.25) is 9.35 Å². The first kappa shape index (κ1) is 31.2. The summed E-state index contributed by atoms with van der Waals surface area (Å²) in [6.45, 7) is 9.15. The fraction of sp³-hybridized carbons (Fsp3) is 0.462. The molecule has 0 aliphatic heterocycles. The summed E-state index contributed by atoms with van der Waals surface area (Å²) in [4.78, 5) is 24.3. The zero-order valence-electron chi connectivity index (χ0n) is 21.4. The fourth-order valence-corrected chi connectivity index (χ4v) is 3.68. The number of aliphatic hydroxyl groups excluding tert-OH is 1. The van der Waals surface area contributed by atoms with Gasteiger partial charge in [0.1, 0.15) is 0 Å². The van der Waals surface area contributed by atoms with E-state index in [1.54, 1.807) is 26.0 Å². The van der Waals surface area contributed by atoms with Crippen LogP contribution in [0.1, 0.15) is 45.2 Å². The number of nitrogens with two attached hydrogens (primary N) is 1. The molecule has 0 fully saturated rings. The zero-order valence-corrected chi connectivity index (χ0v) is 22.2. The van der Waals surface area contributed by atoms with Crippen molar-refractivity contribution in [1.82, 2.24) is 5.32 Å². The molecule has 0 aliphatic rings. The smallest absolute Gasteiger partial charge is 0.337 e. The van der Waals surface area contributed by atoms with Crippen LogP contribution in [-0.2, 0) is 30.9 Å². The van der Waals surface area contributed by atoms with Gasteiger partial charge < -0.3 is 20.9 Å². The molecule has 3 atom stereocenters. The molecule has 2 aromatic carbocycles. The van der Waals surface area contributed by atoms with E-state index in [4.69, 9.17) is 15.0 Å². The minimum absolute atomic E-state index is 0.0666. The van der Waals surface area contributed by atoms with E-state index in [2.05, 4.69) is 5.32 Å². The molecule has 2 aromatic rings. The highest BCUT2D eigenvalue weighted by Crippen LogP contribution is 2.12. The summed E-state index contributed by atoms with van der Waals surface area (Å²) in [7, 11) is -4.02. The van der Waals surface area contributed by atoms with Gasteiger partial charge in [-0.25, -0.2) is 4.79 Å². The largest absolute Gasteiger partial charge is 0.461 e. The summed E-state index contributed by atoms with van der Waals surface area (Å²) in [5, 5.41) is 13.0. The van der Waals surface area contributed by atoms with Crippen molar-refractivity contribution < 1.29 is 32.4 Å². The SMILES string of the molecule is CC(C)C[C@H](NC(=O)[C@@H](N)Cc1ccccc1)C(O)C(=O)OC(C)C.Cc1ccc(S(=O)(=O)O)cc1. The van der Waals surface area contributed by atoms with Gasteiger partial charge in [-0.05, 0) is 57.2 Å². The number of benzene rings is 2. The summed E-state index contributed by atoms with van der Waals surface area (Å²) >= 11 is 0. The van der Waals surface area contributed by atoms with E-state index >= 15 is 0 Å². The number of esters is 1. The number of rotatable bonds is 10. The molecule has 0 saturated heterocycles. The molecule has 2 rings (SSSR count). The summed E-state index contributed by atoms with van der Waals surface area (Å²) < 4.78 is 34.6. The lowest BCUT2D eigenvalue weighted by molar-refractivity contribution is -0.159. The number of aryl methyl sites for hydroxylation is 1. The van der Waals surface area contributed by atoms with Crippen LogP contribution < -0.4 is 11.1 Å². The lowest BCUT2D eigenvalue weighted by Crippen LogP contribution is -2.53. The van der Waals surface area contributed by atoms with Crippen LogP contribution in [0.15, 0.2) is 59.5 Å². The van der Waals surface area contributed by atoms with Crippen molar-refractivity contribution >= 4 is 22.0 Å². The van der Waals surface area contributed by atoms with Crippen LogP contribution in [-0.4, -0.2) is 54.2 Å². The molecule has 0 bridgehead atoms. The lowest BCUT2D eigenvalue weighted by atomic mass is 9.98. The molecule has 0 spiro atoms. The predicted octanol–water partition coefficient (Wildman–Crippen LogP) is 2.64. The number of aliphatic hydroxyl groups is 1. The van der Waals surface area contributed by atoms with Crippen molar-refractivity contribution in [2.24, 2.45) is 11.7 Å². The summed E-state index contributed by atoms with van der Waals surface area (Å²) in [6.07, 6.45) is -0.929. The van der Waals surface area contributed by atoms with Crippen molar-refractivity contribution in [3.63, 3.8) is 0 Å². The molecule has 1 amide bonds. The molecule has 0 aromatic heterocycles. The number of carbonyl (C=O) groups is 2. The second-order valence-corrected chi connectivity index (χ2v) is 10.7. The van der Waals surface area contributed by atoms with Gasteiger partial charge in [0.15, 0.2) is 6.10 Å². The Morgan fingerprint density at radius 3 is 2.03 bits per heavy atom. The van der Waals surface area contributed by atoms with Crippen LogP contribution in [0.5, 0.6) is 0 Å². The third-order valence-electron chi connectivity index (χ3n) is 4.98. The average molecular weight is 523 g/mol. The van der Waals surface area contributed by atoms with E-state index in [1.807, 2.05) is 51.1 Å². The molecule has 200 valence electrons. The van der Waals surface area contributed by atoms with E-state index < -0.39 is 40.2 Å². The maximum atomic E-state index is 12.4. The Hall–Kier alpha value is -2.79. The molecule has 9 nitrogen and oxygen atoms in total. The van der Waals surface area contributed by atoms with Crippen molar-refractivity contribution in [2.45, 2.75) is 76.6 Å². The van der Waals surface area contributed by atoms with E-state index in [9.17, 15) is 23.1 Å². The van der Waals surface area contributed by atoms with Crippen LogP contribution in [0.4, 0.5) is 0 Å². The van der Waals surface area contributed by atoms with Gasteiger partial charge in [0, 0.05) is 0 Å². The summed E-state index contributed by atoms with van der Waals surface area (Å²) in [6, 6.07) is 13.9. The predicted molar refractivity (Wildman–Crippen MR) is 138 cm³/mol. The quantitative estimate of drug-likeness (QED) is 0.274. The van der Waals surface area contributed by atoms with Gasteiger partial charge in [0.05, 0.1) is 23.1 Å². The normalized spacial score (nSPS) is 13.8. The second-order valence-electron chi connectivity index (χ2n) is 9.26. The lowest BCUT2D eigenvalue weighted by Gasteiger charge is -2.26. The van der Waals surface area contributed by atoms with Gasteiger partial charge in [0.25, 0.3) is 10.1 Å². The third kappa shape index (κ3) is 11.8. The van der Waals surface area contributed by atoms with Gasteiger partial charge in [-0.2, -0.15) is 8.42 Å². The Kier molecular flexibility index (Phi) is 12.8. The van der Waals surface area contributed by atoms with Crippen LogP contribution in [0.3, 0.4) is 0 Å². The maximum Gasteiger partial charge on any atom is 0.337 e.